The van der Waals surface area contributed by atoms with Crippen LogP contribution < -0.4 is 10.6 Å². The van der Waals surface area contributed by atoms with Gasteiger partial charge in [0.25, 0.3) is 0 Å². The SMILES string of the molecule is O=C(N[C@H](N(Cc1ccccc1)Cc1ccccc1)C(Cl)(Cl)Cl)N[C@H](N(Cc1ccccc1)Cc1ccccc1)C(Cl)(Cl)Cl. The van der Waals surface area contributed by atoms with E-state index in [2.05, 4.69) is 10.6 Å². The van der Waals surface area contributed by atoms with Crippen LogP contribution in [-0.4, -0.2) is 35.7 Å². The Morgan fingerprint density at radius 1 is 0.477 bits per heavy atom. The molecule has 11 heteroatoms. The number of benzene rings is 4. The maximum absolute atomic E-state index is 13.7. The van der Waals surface area contributed by atoms with Gasteiger partial charge in [0.15, 0.2) is 0 Å². The molecule has 0 aliphatic carbocycles. The van der Waals surface area contributed by atoms with Crippen molar-refractivity contribution in [2.75, 3.05) is 0 Å². The first kappa shape index (κ1) is 34.7. The van der Waals surface area contributed by atoms with Gasteiger partial charge in [0, 0.05) is 26.2 Å². The molecular weight excluding hydrogens is 681 g/mol. The minimum atomic E-state index is -1.91. The molecule has 0 fully saturated rings. The summed E-state index contributed by atoms with van der Waals surface area (Å²) >= 11 is 39.2. The van der Waals surface area contributed by atoms with Crippen LogP contribution in [0.15, 0.2) is 121 Å². The van der Waals surface area contributed by atoms with E-state index in [0.29, 0.717) is 26.2 Å². The van der Waals surface area contributed by atoms with E-state index in [9.17, 15) is 4.79 Å². The van der Waals surface area contributed by atoms with Crippen LogP contribution in [0.3, 0.4) is 0 Å². The van der Waals surface area contributed by atoms with Crippen LogP contribution in [0, 0.1) is 0 Å². The molecule has 4 rings (SSSR count). The number of halogens is 6. The molecule has 0 aliphatic rings. The fraction of sp³-hybridized carbons (Fsp3) is 0.242. The van der Waals surface area contributed by atoms with Crippen molar-refractivity contribution >= 4 is 75.6 Å². The smallest absolute Gasteiger partial charge is 0.317 e. The number of hydrogen-bond donors (Lipinski definition) is 2. The molecule has 0 spiro atoms. The summed E-state index contributed by atoms with van der Waals surface area (Å²) in [6, 6.07) is 38.2. The molecule has 0 aliphatic heterocycles. The molecule has 0 saturated carbocycles. The molecule has 0 bridgehead atoms. The highest BCUT2D eigenvalue weighted by atomic mass is 35.6. The van der Waals surface area contributed by atoms with E-state index in [4.69, 9.17) is 69.6 Å². The fourth-order valence-electron chi connectivity index (χ4n) is 4.80. The average molecular weight is 713 g/mol. The summed E-state index contributed by atoms with van der Waals surface area (Å²) in [5.74, 6) is 0. The molecule has 5 nitrogen and oxygen atoms in total. The Morgan fingerprint density at radius 3 is 0.909 bits per heavy atom. The van der Waals surface area contributed by atoms with Crippen molar-refractivity contribution in [3.05, 3.63) is 144 Å². The Kier molecular flexibility index (Phi) is 12.9. The second-order valence-electron chi connectivity index (χ2n) is 10.3. The van der Waals surface area contributed by atoms with E-state index in [0.717, 1.165) is 22.3 Å². The Labute approximate surface area is 288 Å². The van der Waals surface area contributed by atoms with E-state index in [1.165, 1.54) is 0 Å². The third kappa shape index (κ3) is 11.0. The molecule has 4 aromatic rings. The maximum Gasteiger partial charge on any atom is 0.317 e. The molecular formula is C33H32Cl6N4O. The second-order valence-corrected chi connectivity index (χ2v) is 15.0. The Morgan fingerprint density at radius 2 is 0.705 bits per heavy atom. The van der Waals surface area contributed by atoms with Gasteiger partial charge in [-0.3, -0.25) is 9.80 Å². The van der Waals surface area contributed by atoms with E-state index in [-0.39, 0.29) is 0 Å². The molecule has 44 heavy (non-hydrogen) atoms. The normalized spacial score (nSPS) is 13.5. The van der Waals surface area contributed by atoms with Gasteiger partial charge in [-0.25, -0.2) is 4.79 Å². The number of hydrogen-bond acceptors (Lipinski definition) is 3. The van der Waals surface area contributed by atoms with Gasteiger partial charge in [-0.2, -0.15) is 0 Å². The van der Waals surface area contributed by atoms with Crippen LogP contribution in [0.5, 0.6) is 0 Å². The molecule has 232 valence electrons. The highest BCUT2D eigenvalue weighted by Crippen LogP contribution is 2.35. The molecule has 0 aromatic heterocycles. The fourth-order valence-corrected chi connectivity index (χ4v) is 5.95. The van der Waals surface area contributed by atoms with Gasteiger partial charge in [-0.05, 0) is 22.3 Å². The molecule has 2 atom stereocenters. The number of nitrogens with one attached hydrogen (secondary N) is 2. The number of carbonyl (C=O) groups is 1. The van der Waals surface area contributed by atoms with Crippen LogP contribution >= 0.6 is 69.6 Å². The summed E-state index contributed by atoms with van der Waals surface area (Å²) in [5, 5.41) is 5.72. The maximum atomic E-state index is 13.7. The monoisotopic (exact) mass is 710 g/mol. The van der Waals surface area contributed by atoms with Crippen LogP contribution in [0.25, 0.3) is 0 Å². The van der Waals surface area contributed by atoms with Gasteiger partial charge in [0.05, 0.1) is 0 Å². The van der Waals surface area contributed by atoms with Gasteiger partial charge < -0.3 is 10.6 Å². The number of carbonyl (C=O) groups excluding carboxylic acids is 1. The quantitative estimate of drug-likeness (QED) is 0.114. The predicted octanol–water partition coefficient (Wildman–Crippen LogP) is 9.08. The molecule has 0 radical (unpaired) electrons. The summed E-state index contributed by atoms with van der Waals surface area (Å²) in [7, 11) is 0. The van der Waals surface area contributed by atoms with Crippen molar-refractivity contribution in [3.8, 4) is 0 Å². The van der Waals surface area contributed by atoms with Crippen molar-refractivity contribution < 1.29 is 4.79 Å². The first-order chi connectivity index (χ1) is 21.0. The lowest BCUT2D eigenvalue weighted by Crippen LogP contribution is -2.62. The Bertz CT molecular complexity index is 1230. The highest BCUT2D eigenvalue weighted by molar-refractivity contribution is 6.68. The number of amides is 2. The zero-order chi connectivity index (χ0) is 31.6. The third-order valence-electron chi connectivity index (χ3n) is 6.80. The summed E-state index contributed by atoms with van der Waals surface area (Å²) < 4.78 is -3.83. The minimum absolute atomic E-state index is 0.386. The van der Waals surface area contributed by atoms with Crippen LogP contribution in [0.1, 0.15) is 22.3 Å². The minimum Gasteiger partial charge on any atom is -0.318 e. The van der Waals surface area contributed by atoms with Gasteiger partial charge in [-0.1, -0.05) is 191 Å². The lowest BCUT2D eigenvalue weighted by atomic mass is 10.1. The number of alkyl halides is 6. The highest BCUT2D eigenvalue weighted by Gasteiger charge is 2.42. The predicted molar refractivity (Wildman–Crippen MR) is 184 cm³/mol. The first-order valence-electron chi connectivity index (χ1n) is 13.8. The van der Waals surface area contributed by atoms with Crippen molar-refractivity contribution in [2.45, 2.75) is 46.1 Å². The zero-order valence-electron chi connectivity index (χ0n) is 23.6. The van der Waals surface area contributed by atoms with E-state index in [1.54, 1.807) is 0 Å². The van der Waals surface area contributed by atoms with Gasteiger partial charge in [0.2, 0.25) is 7.59 Å². The topological polar surface area (TPSA) is 47.6 Å². The van der Waals surface area contributed by atoms with Crippen molar-refractivity contribution in [2.24, 2.45) is 0 Å². The molecule has 2 amide bonds. The van der Waals surface area contributed by atoms with Crippen LogP contribution in [0.2, 0.25) is 0 Å². The van der Waals surface area contributed by atoms with E-state index >= 15 is 0 Å². The van der Waals surface area contributed by atoms with Crippen LogP contribution in [0.4, 0.5) is 4.79 Å². The Balaban J connectivity index is 1.61. The van der Waals surface area contributed by atoms with Gasteiger partial charge in [0.1, 0.15) is 12.3 Å². The number of nitrogens with zero attached hydrogens (tertiary/aromatic N) is 2. The zero-order valence-corrected chi connectivity index (χ0v) is 28.1. The van der Waals surface area contributed by atoms with Crippen molar-refractivity contribution in [3.63, 3.8) is 0 Å². The average Bonchev–Trinajstić information content (AvgIpc) is 2.99. The van der Waals surface area contributed by atoms with Crippen molar-refractivity contribution in [1.29, 1.82) is 0 Å². The van der Waals surface area contributed by atoms with E-state index < -0.39 is 25.9 Å². The molecule has 0 unspecified atom stereocenters. The largest absolute Gasteiger partial charge is 0.318 e. The van der Waals surface area contributed by atoms with E-state index in [1.807, 2.05) is 131 Å². The van der Waals surface area contributed by atoms with Gasteiger partial charge >= 0.3 is 6.03 Å². The van der Waals surface area contributed by atoms with Crippen molar-refractivity contribution in [1.82, 2.24) is 20.4 Å². The summed E-state index contributed by atoms with van der Waals surface area (Å²) in [6.07, 6.45) is -2.11. The summed E-state index contributed by atoms with van der Waals surface area (Å²) in [4.78, 5) is 17.5. The first-order valence-corrected chi connectivity index (χ1v) is 16.1. The lowest BCUT2D eigenvalue weighted by Gasteiger charge is -2.39. The lowest BCUT2D eigenvalue weighted by molar-refractivity contribution is 0.130. The Hall–Kier alpha value is -2.19. The van der Waals surface area contributed by atoms with Gasteiger partial charge in [-0.15, -0.1) is 0 Å². The molecule has 2 N–H and O–H groups in total. The summed E-state index contributed by atoms with van der Waals surface area (Å²) in [6.45, 7) is 1.54. The van der Waals surface area contributed by atoms with Crippen LogP contribution in [-0.2, 0) is 26.2 Å². The number of rotatable bonds is 12. The second kappa shape index (κ2) is 16.4. The third-order valence-corrected chi connectivity index (χ3v) is 8.04. The molecule has 0 heterocycles. The number of urea groups is 1. The standard InChI is InChI=1S/C33H32Cl6N4O/c34-32(35,36)29(42(21-25-13-5-1-6-14-25)22-26-15-7-2-8-16-26)40-31(44)41-30(33(37,38)39)43(23-27-17-9-3-10-18-27)24-28-19-11-4-12-20-28/h1-20,29-30H,21-24H2,(H2,40,41,44)/t29-,30-/m1/s1. The summed E-state index contributed by atoms with van der Waals surface area (Å²) in [5.41, 5.74) is 3.89. The molecule has 4 aromatic carbocycles. The molecule has 0 saturated heterocycles.